The Kier molecular flexibility index (Phi) is 8.24. The highest BCUT2D eigenvalue weighted by Gasteiger charge is 2.87. The summed E-state index contributed by atoms with van der Waals surface area (Å²) < 4.78 is 41.1. The van der Waals surface area contributed by atoms with Gasteiger partial charge < -0.3 is 19.7 Å². The van der Waals surface area contributed by atoms with Gasteiger partial charge in [0.1, 0.15) is 6.10 Å². The van der Waals surface area contributed by atoms with E-state index >= 15 is 0 Å². The third-order valence-electron chi connectivity index (χ3n) is 8.18. The van der Waals surface area contributed by atoms with E-state index in [-0.39, 0.29) is 0 Å². The maximum absolute atomic E-state index is 14.0. The molecule has 1 aromatic heterocycles. The number of benzene rings is 3. The summed E-state index contributed by atoms with van der Waals surface area (Å²) in [7, 11) is -2.65. The van der Waals surface area contributed by atoms with E-state index in [4.69, 9.17) is 19.2 Å². The first-order valence-corrected chi connectivity index (χ1v) is 15.4. The van der Waals surface area contributed by atoms with Crippen LogP contribution in [0.5, 0.6) is 0 Å². The molecule has 0 aliphatic carbocycles. The topological polar surface area (TPSA) is 166 Å². The largest absolute Gasteiger partial charge is 0.394 e. The summed E-state index contributed by atoms with van der Waals surface area (Å²) in [5, 5.41) is 23.2. The Balaban J connectivity index is 2.20. The van der Waals surface area contributed by atoms with Gasteiger partial charge in [0.25, 0.3) is 16.3 Å². The van der Waals surface area contributed by atoms with Crippen molar-refractivity contribution in [3.05, 3.63) is 141 Å². The van der Waals surface area contributed by atoms with E-state index in [9.17, 15) is 28.2 Å². The average molecular weight is 625 g/mol. The number of hydrogen-bond donors (Lipinski definition) is 3. The number of methoxy groups -OCH3 is 1. The number of nitrogens with one attached hydrogen (secondary N) is 1. The maximum Gasteiger partial charge on any atom is 0.330 e. The molecule has 1 fully saturated rings. The van der Waals surface area contributed by atoms with E-state index in [0.29, 0.717) is 22.9 Å². The highest BCUT2D eigenvalue weighted by atomic mass is 32.2. The van der Waals surface area contributed by atoms with Crippen LogP contribution in [-0.2, 0) is 40.2 Å². The van der Waals surface area contributed by atoms with Gasteiger partial charge in [-0.1, -0.05) is 91.0 Å². The number of aromatic amines is 1. The van der Waals surface area contributed by atoms with Gasteiger partial charge in [-0.2, -0.15) is 4.89 Å². The van der Waals surface area contributed by atoms with Crippen LogP contribution in [0.4, 0.5) is 0 Å². The fourth-order valence-corrected chi connectivity index (χ4v) is 7.91. The molecule has 4 aromatic rings. The number of nitrogens with zero attached hydrogens (tertiary/aromatic N) is 1. The van der Waals surface area contributed by atoms with Gasteiger partial charge in [0.15, 0.2) is 9.84 Å². The summed E-state index contributed by atoms with van der Waals surface area (Å²) in [6, 6.07) is 27.0. The lowest BCUT2D eigenvalue weighted by Crippen LogP contribution is -2.76. The molecule has 0 amide bonds. The lowest BCUT2D eigenvalue weighted by molar-refractivity contribution is -0.475. The van der Waals surface area contributed by atoms with Crippen molar-refractivity contribution in [3.63, 3.8) is 0 Å². The molecule has 44 heavy (non-hydrogen) atoms. The zero-order valence-electron chi connectivity index (χ0n) is 24.1. The lowest BCUT2D eigenvalue weighted by atomic mass is 9.59. The molecule has 1 aliphatic rings. The Morgan fingerprint density at radius 3 is 1.73 bits per heavy atom. The summed E-state index contributed by atoms with van der Waals surface area (Å²) in [6.45, 7) is -1.07. The van der Waals surface area contributed by atoms with Gasteiger partial charge in [-0.25, -0.2) is 18.1 Å². The SMILES string of the molecule is COO[C@@]1(OC)[C@@](n2ccc(=O)[nH]c2=O)(C(c2ccccc2)(c2ccccc2)c2ccccc2)O[C@H](CO)[C@]1(O)S(C)(=O)=O. The highest BCUT2D eigenvalue weighted by molar-refractivity contribution is 7.92. The van der Waals surface area contributed by atoms with Crippen molar-refractivity contribution in [3.8, 4) is 0 Å². The van der Waals surface area contributed by atoms with Crippen LogP contribution in [0.3, 0.4) is 0 Å². The molecule has 2 heterocycles. The molecule has 0 spiro atoms. The van der Waals surface area contributed by atoms with Crippen molar-refractivity contribution < 1.29 is 37.9 Å². The standard InChI is InChI=1S/C31H32N2O10S/c1-40-31(43-41-2)29(37,44(3,38)39)25(21-34)42-30(31,33-20-19-26(35)32-27(33)36)28(22-13-7-4-8-14-22,23-15-9-5-10-16-23)24-17-11-6-12-18-24/h4-20,25,34,37H,21H2,1-3H3,(H,32,35,36)/t25-,29+,30-,31-/m1/s1. The number of ether oxygens (including phenoxy) is 2. The van der Waals surface area contributed by atoms with Crippen molar-refractivity contribution >= 4 is 9.84 Å². The fraction of sp³-hybridized carbons (Fsp3) is 0.290. The molecule has 1 saturated heterocycles. The summed E-state index contributed by atoms with van der Waals surface area (Å²) in [4.78, 5) is 36.3. The fourth-order valence-electron chi connectivity index (χ4n) is 6.56. The van der Waals surface area contributed by atoms with Crippen LogP contribution in [-0.4, -0.2) is 72.1 Å². The zero-order valence-corrected chi connectivity index (χ0v) is 24.9. The number of H-pyrrole nitrogens is 1. The van der Waals surface area contributed by atoms with Gasteiger partial charge in [0, 0.05) is 25.6 Å². The first-order valence-electron chi connectivity index (χ1n) is 13.5. The van der Waals surface area contributed by atoms with Crippen molar-refractivity contribution in [1.82, 2.24) is 9.55 Å². The van der Waals surface area contributed by atoms with E-state index < -0.39 is 55.7 Å². The first kappa shape index (κ1) is 31.5. The van der Waals surface area contributed by atoms with Crippen molar-refractivity contribution in [2.45, 2.75) is 28.0 Å². The van der Waals surface area contributed by atoms with Gasteiger partial charge in [-0.15, -0.1) is 0 Å². The lowest BCUT2D eigenvalue weighted by Gasteiger charge is -2.55. The normalized spacial score (nSPS) is 25.6. The van der Waals surface area contributed by atoms with Gasteiger partial charge in [-0.05, 0) is 16.7 Å². The molecule has 232 valence electrons. The monoisotopic (exact) mass is 624 g/mol. The minimum atomic E-state index is -4.76. The second kappa shape index (κ2) is 11.5. The van der Waals surface area contributed by atoms with Gasteiger partial charge in [0.05, 0.1) is 19.1 Å². The number of rotatable bonds is 10. The minimum absolute atomic E-state index is 0.422. The molecular weight excluding hydrogens is 592 g/mol. The Hall–Kier alpha value is -3.95. The Bertz CT molecular complexity index is 1740. The minimum Gasteiger partial charge on any atom is -0.394 e. The van der Waals surface area contributed by atoms with Crippen molar-refractivity contribution in [2.24, 2.45) is 0 Å². The molecular formula is C31H32N2O10S. The highest BCUT2D eigenvalue weighted by Crippen LogP contribution is 2.65. The van der Waals surface area contributed by atoms with Gasteiger partial charge in [-0.3, -0.25) is 14.3 Å². The van der Waals surface area contributed by atoms with E-state index in [1.54, 1.807) is 91.0 Å². The smallest absolute Gasteiger partial charge is 0.330 e. The van der Waals surface area contributed by atoms with E-state index in [0.717, 1.165) is 31.0 Å². The van der Waals surface area contributed by atoms with Crippen LogP contribution < -0.4 is 11.2 Å². The first-order chi connectivity index (χ1) is 21.0. The van der Waals surface area contributed by atoms with Crippen LogP contribution in [0.2, 0.25) is 0 Å². The number of sulfone groups is 1. The summed E-state index contributed by atoms with van der Waals surface area (Å²) in [5.41, 5.74) is -5.09. The third kappa shape index (κ3) is 4.09. The molecule has 3 aromatic carbocycles. The van der Waals surface area contributed by atoms with Crippen molar-refractivity contribution in [2.75, 3.05) is 27.1 Å². The predicted octanol–water partition coefficient (Wildman–Crippen LogP) is 1.27. The van der Waals surface area contributed by atoms with E-state index in [1.807, 2.05) is 0 Å². The third-order valence-corrected chi connectivity index (χ3v) is 9.84. The molecule has 0 radical (unpaired) electrons. The molecule has 5 rings (SSSR count). The quantitative estimate of drug-likeness (QED) is 0.101. The average Bonchev–Trinajstić information content (AvgIpc) is 3.25. The van der Waals surface area contributed by atoms with Crippen LogP contribution in [0.1, 0.15) is 16.7 Å². The number of aliphatic hydroxyl groups excluding tert-OH is 1. The Morgan fingerprint density at radius 1 is 0.886 bits per heavy atom. The molecule has 4 atom stereocenters. The molecule has 0 bridgehead atoms. The van der Waals surface area contributed by atoms with E-state index in [2.05, 4.69) is 4.98 Å². The van der Waals surface area contributed by atoms with Crippen molar-refractivity contribution in [1.29, 1.82) is 0 Å². The number of aromatic nitrogens is 2. The Morgan fingerprint density at radius 2 is 1.36 bits per heavy atom. The molecule has 0 saturated carbocycles. The second-order valence-electron chi connectivity index (χ2n) is 10.3. The van der Waals surface area contributed by atoms with Crippen LogP contribution >= 0.6 is 0 Å². The number of aliphatic hydroxyl groups is 2. The summed E-state index contributed by atoms with van der Waals surface area (Å²) in [5.74, 6) is -3.00. The van der Waals surface area contributed by atoms with Gasteiger partial charge in [0.2, 0.25) is 5.72 Å². The Labute approximate surface area is 252 Å². The predicted molar refractivity (Wildman–Crippen MR) is 158 cm³/mol. The zero-order chi connectivity index (χ0) is 31.8. The van der Waals surface area contributed by atoms with Crippen LogP contribution in [0.15, 0.2) is 113 Å². The maximum atomic E-state index is 14.0. The number of hydrogen-bond acceptors (Lipinski definition) is 10. The molecule has 12 nitrogen and oxygen atoms in total. The second-order valence-corrected chi connectivity index (χ2v) is 12.5. The van der Waals surface area contributed by atoms with E-state index in [1.165, 1.54) is 0 Å². The summed E-state index contributed by atoms with van der Waals surface area (Å²) >= 11 is 0. The summed E-state index contributed by atoms with van der Waals surface area (Å²) in [6.07, 6.45) is -0.200. The molecule has 0 unspecified atom stereocenters. The molecule has 13 heteroatoms. The van der Waals surface area contributed by atoms with Crippen LogP contribution in [0.25, 0.3) is 0 Å². The molecule has 1 aliphatic heterocycles. The van der Waals surface area contributed by atoms with Gasteiger partial charge >= 0.3 is 5.69 Å². The van der Waals surface area contributed by atoms with Crippen LogP contribution in [0, 0.1) is 0 Å². The molecule has 3 N–H and O–H groups in total.